The molecule has 0 radical (unpaired) electrons. The molecule has 0 bridgehead atoms. The fourth-order valence-corrected chi connectivity index (χ4v) is 3.21. The van der Waals surface area contributed by atoms with E-state index in [1.54, 1.807) is 12.1 Å². The predicted molar refractivity (Wildman–Crippen MR) is 89.6 cm³/mol. The van der Waals surface area contributed by atoms with Gasteiger partial charge in [-0.1, -0.05) is 37.3 Å². The molecule has 3 rings (SSSR count). The largest absolute Gasteiger partial charge is 0.351 e. The molecule has 0 saturated carbocycles. The first kappa shape index (κ1) is 14.5. The minimum Gasteiger partial charge on any atom is -0.351 e. The van der Waals surface area contributed by atoms with Gasteiger partial charge in [0, 0.05) is 16.7 Å². The fraction of sp³-hybridized carbons (Fsp3) is 0.118. The molecule has 5 heteroatoms. The second-order valence-electron chi connectivity index (χ2n) is 4.85. The highest BCUT2D eigenvalue weighted by molar-refractivity contribution is 7.85. The smallest absolute Gasteiger partial charge is 0.272 e. The van der Waals surface area contributed by atoms with Crippen LogP contribution in [0.1, 0.15) is 17.4 Å². The molecule has 1 unspecified atom stereocenters. The Morgan fingerprint density at radius 3 is 2.64 bits per heavy atom. The maximum atomic E-state index is 12.4. The third-order valence-corrected chi connectivity index (χ3v) is 4.79. The molecule has 4 nitrogen and oxygen atoms in total. The van der Waals surface area contributed by atoms with E-state index in [0.29, 0.717) is 22.0 Å². The van der Waals surface area contributed by atoms with Crippen molar-refractivity contribution in [2.45, 2.75) is 11.8 Å². The molecule has 22 heavy (non-hydrogen) atoms. The summed E-state index contributed by atoms with van der Waals surface area (Å²) in [6.07, 6.45) is 0. The van der Waals surface area contributed by atoms with Crippen molar-refractivity contribution >= 4 is 33.3 Å². The predicted octanol–water partition coefficient (Wildman–Crippen LogP) is 3.55. The number of amides is 1. The van der Waals surface area contributed by atoms with Crippen LogP contribution in [0.15, 0.2) is 59.5 Å². The Bertz CT molecular complexity index is 821. The van der Waals surface area contributed by atoms with Gasteiger partial charge in [0.2, 0.25) is 0 Å². The number of rotatable bonds is 4. The van der Waals surface area contributed by atoms with Gasteiger partial charge in [0.25, 0.3) is 5.91 Å². The number of para-hydroxylation sites is 2. The molecule has 1 amide bonds. The summed E-state index contributed by atoms with van der Waals surface area (Å²) in [4.78, 5) is 16.1. The summed E-state index contributed by atoms with van der Waals surface area (Å²) in [7, 11) is -1.11. The lowest BCUT2D eigenvalue weighted by molar-refractivity contribution is 0.102. The molecule has 0 spiro atoms. The molecule has 0 saturated heterocycles. The van der Waals surface area contributed by atoms with Crippen LogP contribution in [0.25, 0.3) is 10.9 Å². The van der Waals surface area contributed by atoms with Gasteiger partial charge in [-0.3, -0.25) is 9.00 Å². The molecule has 2 N–H and O–H groups in total. The summed E-state index contributed by atoms with van der Waals surface area (Å²) < 4.78 is 12.0. The molecule has 1 aromatic heterocycles. The highest BCUT2D eigenvalue weighted by Crippen LogP contribution is 2.21. The Morgan fingerprint density at radius 1 is 1.14 bits per heavy atom. The first-order chi connectivity index (χ1) is 10.7. The van der Waals surface area contributed by atoms with Crippen molar-refractivity contribution in [2.75, 3.05) is 11.1 Å². The van der Waals surface area contributed by atoms with Gasteiger partial charge in [0.1, 0.15) is 5.69 Å². The minimum absolute atomic E-state index is 0.239. The zero-order chi connectivity index (χ0) is 15.5. The number of hydrogen-bond donors (Lipinski definition) is 2. The highest BCUT2D eigenvalue weighted by atomic mass is 32.2. The van der Waals surface area contributed by atoms with Crippen LogP contribution in [-0.4, -0.2) is 20.9 Å². The molecule has 0 aliphatic rings. The number of fused-ring (bicyclic) bond motifs is 1. The average molecular weight is 312 g/mol. The third kappa shape index (κ3) is 2.80. The molecule has 112 valence electrons. The van der Waals surface area contributed by atoms with Crippen molar-refractivity contribution in [3.05, 3.63) is 60.3 Å². The van der Waals surface area contributed by atoms with E-state index in [1.165, 1.54) is 0 Å². The summed E-state index contributed by atoms with van der Waals surface area (Å²) >= 11 is 0. The molecule has 1 heterocycles. The molecular formula is C17H16N2O2S. The Morgan fingerprint density at radius 2 is 1.86 bits per heavy atom. The number of aromatic nitrogens is 1. The van der Waals surface area contributed by atoms with Crippen LogP contribution in [-0.2, 0) is 10.8 Å². The number of nitrogens with one attached hydrogen (secondary N) is 2. The Balaban J connectivity index is 1.90. The number of H-pyrrole nitrogens is 1. The Kier molecular flexibility index (Phi) is 4.06. The zero-order valence-electron chi connectivity index (χ0n) is 12.1. The van der Waals surface area contributed by atoms with E-state index in [9.17, 15) is 9.00 Å². The second-order valence-corrected chi connectivity index (χ2v) is 6.56. The Hall–Kier alpha value is -2.40. The third-order valence-electron chi connectivity index (χ3n) is 3.42. The van der Waals surface area contributed by atoms with Crippen LogP contribution in [0.2, 0.25) is 0 Å². The molecule has 0 fully saturated rings. The maximum Gasteiger partial charge on any atom is 0.272 e. The van der Waals surface area contributed by atoms with Crippen molar-refractivity contribution in [1.29, 1.82) is 0 Å². The van der Waals surface area contributed by atoms with Gasteiger partial charge in [-0.2, -0.15) is 0 Å². The van der Waals surface area contributed by atoms with E-state index in [1.807, 2.05) is 49.4 Å². The number of anilines is 1. The van der Waals surface area contributed by atoms with E-state index in [0.717, 1.165) is 10.9 Å². The van der Waals surface area contributed by atoms with Crippen LogP contribution < -0.4 is 5.32 Å². The monoisotopic (exact) mass is 312 g/mol. The minimum atomic E-state index is -1.11. The molecule has 2 aromatic carbocycles. The number of carbonyl (C=O) groups excluding carboxylic acids is 1. The normalized spacial score (nSPS) is 12.2. The van der Waals surface area contributed by atoms with Gasteiger partial charge >= 0.3 is 0 Å². The molecule has 0 aliphatic carbocycles. The Labute approximate surface area is 131 Å². The van der Waals surface area contributed by atoms with Crippen molar-refractivity contribution in [1.82, 2.24) is 4.98 Å². The number of hydrogen-bond acceptors (Lipinski definition) is 2. The lowest BCUT2D eigenvalue weighted by Crippen LogP contribution is -2.14. The quantitative estimate of drug-likeness (QED) is 0.774. The summed E-state index contributed by atoms with van der Waals surface area (Å²) in [5, 5.41) is 3.82. The van der Waals surface area contributed by atoms with E-state index in [2.05, 4.69) is 10.3 Å². The number of carbonyl (C=O) groups is 1. The molecule has 0 aliphatic heterocycles. The van der Waals surface area contributed by atoms with Crippen molar-refractivity contribution in [3.8, 4) is 0 Å². The SMILES string of the molecule is CCS(=O)c1ccccc1NC(=O)c1cc2ccccc2[nH]1. The standard InChI is InChI=1S/C17H16N2O2S/c1-2-22(21)16-10-6-5-9-14(16)19-17(20)15-11-12-7-3-4-8-13(12)18-15/h3-11,18H,2H2,1H3,(H,19,20). The summed E-state index contributed by atoms with van der Waals surface area (Å²) in [5.41, 5.74) is 1.99. The van der Waals surface area contributed by atoms with Crippen molar-refractivity contribution < 1.29 is 9.00 Å². The lowest BCUT2D eigenvalue weighted by Gasteiger charge is -2.09. The van der Waals surface area contributed by atoms with Gasteiger partial charge in [-0.05, 0) is 24.3 Å². The summed E-state index contributed by atoms with van der Waals surface area (Å²) in [5.74, 6) is 0.274. The molecule has 3 aromatic rings. The number of benzene rings is 2. The molecular weight excluding hydrogens is 296 g/mol. The molecule has 1 atom stereocenters. The van der Waals surface area contributed by atoms with E-state index in [4.69, 9.17) is 0 Å². The zero-order valence-corrected chi connectivity index (χ0v) is 12.9. The van der Waals surface area contributed by atoms with Crippen LogP contribution in [0.4, 0.5) is 5.69 Å². The summed E-state index contributed by atoms with van der Waals surface area (Å²) in [6.45, 7) is 1.85. The van der Waals surface area contributed by atoms with Crippen LogP contribution in [0.5, 0.6) is 0 Å². The van der Waals surface area contributed by atoms with Gasteiger partial charge in [0.15, 0.2) is 0 Å². The lowest BCUT2D eigenvalue weighted by atomic mass is 10.2. The van der Waals surface area contributed by atoms with Crippen molar-refractivity contribution in [3.63, 3.8) is 0 Å². The highest BCUT2D eigenvalue weighted by Gasteiger charge is 2.13. The van der Waals surface area contributed by atoms with Gasteiger partial charge in [-0.15, -0.1) is 0 Å². The average Bonchev–Trinajstić information content (AvgIpc) is 2.99. The first-order valence-electron chi connectivity index (χ1n) is 7.05. The van der Waals surface area contributed by atoms with Crippen LogP contribution >= 0.6 is 0 Å². The van der Waals surface area contributed by atoms with Gasteiger partial charge in [0.05, 0.1) is 21.4 Å². The van der Waals surface area contributed by atoms with Crippen LogP contribution in [0.3, 0.4) is 0 Å². The number of aromatic amines is 1. The van der Waals surface area contributed by atoms with Crippen LogP contribution in [0, 0.1) is 0 Å². The van der Waals surface area contributed by atoms with Gasteiger partial charge in [-0.25, -0.2) is 0 Å². The van der Waals surface area contributed by atoms with E-state index < -0.39 is 10.8 Å². The topological polar surface area (TPSA) is 62.0 Å². The maximum absolute atomic E-state index is 12.4. The second kappa shape index (κ2) is 6.15. The first-order valence-corrected chi connectivity index (χ1v) is 8.37. The van der Waals surface area contributed by atoms with E-state index >= 15 is 0 Å². The summed E-state index contributed by atoms with van der Waals surface area (Å²) in [6, 6.07) is 16.7. The van der Waals surface area contributed by atoms with Gasteiger partial charge < -0.3 is 10.3 Å². The fourth-order valence-electron chi connectivity index (χ4n) is 2.31. The van der Waals surface area contributed by atoms with E-state index in [-0.39, 0.29) is 5.91 Å². The van der Waals surface area contributed by atoms with Crippen molar-refractivity contribution in [2.24, 2.45) is 0 Å².